The van der Waals surface area contributed by atoms with Crippen molar-refractivity contribution in [3.63, 3.8) is 0 Å². The fraction of sp³-hybridized carbons (Fsp3) is 0. The molecule has 7 heteroatoms. The molecule has 0 aliphatic heterocycles. The van der Waals surface area contributed by atoms with Crippen LogP contribution < -0.4 is 10.6 Å². The summed E-state index contributed by atoms with van der Waals surface area (Å²) in [6, 6.07) is 8.42. The minimum atomic E-state index is -0.577. The highest BCUT2D eigenvalue weighted by Gasteiger charge is 2.09. The van der Waals surface area contributed by atoms with E-state index in [0.29, 0.717) is 20.8 Å². The number of benzene rings is 2. The molecule has 0 atom stereocenters. The van der Waals surface area contributed by atoms with Crippen LogP contribution in [-0.2, 0) is 0 Å². The quantitative estimate of drug-likeness (QED) is 0.678. The Labute approximate surface area is 130 Å². The van der Waals surface area contributed by atoms with Gasteiger partial charge in [0.2, 0.25) is 0 Å². The van der Waals surface area contributed by atoms with E-state index in [2.05, 4.69) is 10.6 Å². The maximum Gasteiger partial charge on any atom is 0.323 e. The summed E-state index contributed by atoms with van der Waals surface area (Å²) in [5.41, 5.74) is 0.548. The molecule has 2 aromatic rings. The van der Waals surface area contributed by atoms with Gasteiger partial charge in [0.15, 0.2) is 0 Å². The topological polar surface area (TPSA) is 61.4 Å². The first-order valence-corrected chi connectivity index (χ1v) is 6.60. The average Bonchev–Trinajstić information content (AvgIpc) is 2.38. The number of nitrogens with one attached hydrogen (secondary N) is 2. The second kappa shape index (κ2) is 6.22. The molecule has 0 saturated heterocycles. The van der Waals surface area contributed by atoms with Gasteiger partial charge in [-0.25, -0.2) is 4.79 Å². The smallest absolute Gasteiger partial charge is 0.323 e. The van der Waals surface area contributed by atoms with Gasteiger partial charge in [0.1, 0.15) is 5.75 Å². The Bertz CT molecular complexity index is 607. The van der Waals surface area contributed by atoms with Crippen LogP contribution in [0.1, 0.15) is 0 Å². The third kappa shape index (κ3) is 3.70. The number of phenolic OH excluding ortho intramolecular Hbond substituents is 1. The van der Waals surface area contributed by atoms with Crippen molar-refractivity contribution in [3.05, 3.63) is 51.5 Å². The Hall–Kier alpha value is -1.62. The summed E-state index contributed by atoms with van der Waals surface area (Å²) < 4.78 is 0. The third-order valence-electron chi connectivity index (χ3n) is 2.38. The van der Waals surface area contributed by atoms with E-state index in [-0.39, 0.29) is 11.4 Å². The van der Waals surface area contributed by atoms with Crippen LogP contribution in [0, 0.1) is 0 Å². The molecule has 3 N–H and O–H groups in total. The zero-order valence-corrected chi connectivity index (χ0v) is 12.2. The molecule has 0 heterocycles. The summed E-state index contributed by atoms with van der Waals surface area (Å²) in [5.74, 6) is -0.0956. The first-order valence-electron chi connectivity index (χ1n) is 5.47. The van der Waals surface area contributed by atoms with E-state index >= 15 is 0 Å². The lowest BCUT2D eigenvalue weighted by atomic mass is 10.3. The predicted octanol–water partition coefficient (Wildman–Crippen LogP) is 5.00. The van der Waals surface area contributed by atoms with Crippen LogP contribution >= 0.6 is 34.8 Å². The van der Waals surface area contributed by atoms with Crippen molar-refractivity contribution in [2.24, 2.45) is 0 Å². The van der Waals surface area contributed by atoms with E-state index in [4.69, 9.17) is 34.8 Å². The molecule has 0 fully saturated rings. The fourth-order valence-electron chi connectivity index (χ4n) is 1.48. The van der Waals surface area contributed by atoms with Crippen molar-refractivity contribution in [2.45, 2.75) is 0 Å². The van der Waals surface area contributed by atoms with Gasteiger partial charge in [-0.1, -0.05) is 34.8 Å². The molecule has 2 amide bonds. The van der Waals surface area contributed by atoms with Crippen LogP contribution in [0.25, 0.3) is 0 Å². The number of carbonyl (C=O) groups excluding carboxylic acids is 1. The minimum Gasteiger partial charge on any atom is -0.506 e. The number of amides is 2. The molecule has 0 aliphatic rings. The molecule has 0 aromatic heterocycles. The summed E-state index contributed by atoms with van der Waals surface area (Å²) in [5, 5.41) is 15.8. The Balaban J connectivity index is 2.13. The lowest BCUT2D eigenvalue weighted by Gasteiger charge is -2.10. The predicted molar refractivity (Wildman–Crippen MR) is 82.2 cm³/mol. The van der Waals surface area contributed by atoms with Crippen molar-refractivity contribution in [3.8, 4) is 5.75 Å². The van der Waals surface area contributed by atoms with Gasteiger partial charge in [-0.15, -0.1) is 0 Å². The van der Waals surface area contributed by atoms with E-state index in [0.717, 1.165) is 0 Å². The van der Waals surface area contributed by atoms with Crippen LogP contribution in [0.5, 0.6) is 5.75 Å². The van der Waals surface area contributed by atoms with Crippen LogP contribution in [0.4, 0.5) is 16.2 Å². The van der Waals surface area contributed by atoms with Gasteiger partial charge in [0, 0.05) is 10.0 Å². The van der Waals surface area contributed by atoms with E-state index in [1.54, 1.807) is 12.1 Å². The summed E-state index contributed by atoms with van der Waals surface area (Å²) in [4.78, 5) is 11.8. The van der Waals surface area contributed by atoms with Crippen LogP contribution in [0.15, 0.2) is 36.4 Å². The molecule has 20 heavy (non-hydrogen) atoms. The number of halogens is 3. The maximum absolute atomic E-state index is 11.8. The summed E-state index contributed by atoms with van der Waals surface area (Å²) in [6.07, 6.45) is 0. The second-order valence-electron chi connectivity index (χ2n) is 3.86. The molecule has 0 spiro atoms. The van der Waals surface area contributed by atoms with E-state index in [1.807, 2.05) is 0 Å². The Kier molecular flexibility index (Phi) is 4.60. The van der Waals surface area contributed by atoms with Gasteiger partial charge in [0.25, 0.3) is 0 Å². The molecule has 2 rings (SSSR count). The second-order valence-corrected chi connectivity index (χ2v) is 5.14. The molecule has 0 aliphatic carbocycles. The number of hydrogen-bond donors (Lipinski definition) is 3. The normalized spacial score (nSPS) is 10.2. The lowest BCUT2D eigenvalue weighted by Crippen LogP contribution is -2.19. The maximum atomic E-state index is 11.8. The Morgan fingerprint density at radius 1 is 0.900 bits per heavy atom. The largest absolute Gasteiger partial charge is 0.506 e. The molecule has 4 nitrogen and oxygen atoms in total. The molecular formula is C13H9Cl3N2O2. The summed E-state index contributed by atoms with van der Waals surface area (Å²) in [6.45, 7) is 0. The van der Waals surface area contributed by atoms with Crippen molar-refractivity contribution in [1.29, 1.82) is 0 Å². The van der Waals surface area contributed by atoms with Crippen molar-refractivity contribution < 1.29 is 9.90 Å². The van der Waals surface area contributed by atoms with Crippen LogP contribution in [0.3, 0.4) is 0 Å². The number of hydrogen-bond acceptors (Lipinski definition) is 2. The number of anilines is 2. The number of carbonyl (C=O) groups is 1. The van der Waals surface area contributed by atoms with Gasteiger partial charge in [-0.05, 0) is 36.4 Å². The fourth-order valence-corrected chi connectivity index (χ4v) is 1.99. The third-order valence-corrected chi connectivity index (χ3v) is 3.18. The number of aromatic hydroxyl groups is 1. The van der Waals surface area contributed by atoms with Gasteiger partial charge >= 0.3 is 6.03 Å². The summed E-state index contributed by atoms with van der Waals surface area (Å²) in [7, 11) is 0. The van der Waals surface area contributed by atoms with Crippen LogP contribution in [-0.4, -0.2) is 11.1 Å². The molecule has 104 valence electrons. The standard InChI is InChI=1S/C13H9Cl3N2O2/c14-7-1-3-9(16)10(5-7)17-13(20)18-11-6-8(15)2-4-12(11)19/h1-6,19H,(H2,17,18,20). The zero-order valence-electron chi connectivity index (χ0n) is 9.95. The number of rotatable bonds is 2. The highest BCUT2D eigenvalue weighted by atomic mass is 35.5. The molecule has 0 bridgehead atoms. The Morgan fingerprint density at radius 2 is 1.45 bits per heavy atom. The lowest BCUT2D eigenvalue weighted by molar-refractivity contribution is 0.262. The SMILES string of the molecule is O=C(Nc1cc(Cl)ccc1O)Nc1cc(Cl)ccc1Cl. The Morgan fingerprint density at radius 3 is 2.15 bits per heavy atom. The van der Waals surface area contributed by atoms with Crippen molar-refractivity contribution in [2.75, 3.05) is 10.6 Å². The molecule has 0 radical (unpaired) electrons. The highest BCUT2D eigenvalue weighted by Crippen LogP contribution is 2.28. The van der Waals surface area contributed by atoms with Crippen molar-refractivity contribution >= 4 is 52.2 Å². The minimum absolute atomic E-state index is 0.0956. The van der Waals surface area contributed by atoms with E-state index < -0.39 is 6.03 Å². The first-order chi connectivity index (χ1) is 9.45. The number of phenols is 1. The van der Waals surface area contributed by atoms with Gasteiger partial charge < -0.3 is 15.7 Å². The first kappa shape index (κ1) is 14.8. The molecule has 0 saturated carbocycles. The van der Waals surface area contributed by atoms with E-state index in [9.17, 15) is 9.90 Å². The van der Waals surface area contributed by atoms with Gasteiger partial charge in [-0.3, -0.25) is 0 Å². The van der Waals surface area contributed by atoms with Gasteiger partial charge in [-0.2, -0.15) is 0 Å². The molecule has 2 aromatic carbocycles. The van der Waals surface area contributed by atoms with Crippen molar-refractivity contribution in [1.82, 2.24) is 0 Å². The van der Waals surface area contributed by atoms with Crippen LogP contribution in [0.2, 0.25) is 15.1 Å². The highest BCUT2D eigenvalue weighted by molar-refractivity contribution is 6.35. The summed E-state index contributed by atoms with van der Waals surface area (Å²) >= 11 is 17.5. The zero-order chi connectivity index (χ0) is 14.7. The molecule has 0 unspecified atom stereocenters. The average molecular weight is 332 g/mol. The van der Waals surface area contributed by atoms with E-state index in [1.165, 1.54) is 24.3 Å². The monoisotopic (exact) mass is 330 g/mol. The number of urea groups is 1. The van der Waals surface area contributed by atoms with Gasteiger partial charge in [0.05, 0.1) is 16.4 Å². The molecular weight excluding hydrogens is 323 g/mol.